The molecule has 1 fully saturated rings. The second-order valence-corrected chi connectivity index (χ2v) is 6.84. The van der Waals surface area contributed by atoms with E-state index in [0.29, 0.717) is 11.7 Å². The topological polar surface area (TPSA) is 58.9 Å². The summed E-state index contributed by atoms with van der Waals surface area (Å²) in [4.78, 5) is 12.8. The third-order valence-corrected chi connectivity index (χ3v) is 5.22. The van der Waals surface area contributed by atoms with Gasteiger partial charge in [-0.05, 0) is 57.7 Å². The van der Waals surface area contributed by atoms with Crippen LogP contribution in [-0.2, 0) is 12.8 Å². The van der Waals surface area contributed by atoms with Crippen molar-refractivity contribution in [1.82, 2.24) is 20.4 Å². The fourth-order valence-corrected chi connectivity index (χ4v) is 3.88. The van der Waals surface area contributed by atoms with Gasteiger partial charge in [-0.2, -0.15) is 5.10 Å². The SMILES string of the molecule is CC1NCCCC1NC(=O)c1nn(-c2ccccc2)c2c1CCC2. The van der Waals surface area contributed by atoms with Crippen molar-refractivity contribution < 1.29 is 4.79 Å². The summed E-state index contributed by atoms with van der Waals surface area (Å²) in [5.74, 6) is -0.0246. The van der Waals surface area contributed by atoms with E-state index in [2.05, 4.69) is 22.7 Å². The fraction of sp³-hybridized carbons (Fsp3) is 0.474. The minimum atomic E-state index is -0.0246. The Labute approximate surface area is 142 Å². The van der Waals surface area contributed by atoms with Crippen LogP contribution in [-0.4, -0.2) is 34.3 Å². The number of para-hydroxylation sites is 1. The van der Waals surface area contributed by atoms with Gasteiger partial charge in [0.25, 0.3) is 5.91 Å². The molecule has 2 atom stereocenters. The van der Waals surface area contributed by atoms with Gasteiger partial charge in [0.15, 0.2) is 5.69 Å². The fourth-order valence-electron chi connectivity index (χ4n) is 3.88. The molecule has 1 saturated heterocycles. The number of benzene rings is 1. The second-order valence-electron chi connectivity index (χ2n) is 6.84. The summed E-state index contributed by atoms with van der Waals surface area (Å²) in [6.45, 7) is 3.17. The Morgan fingerprint density at radius 1 is 1.25 bits per heavy atom. The molecule has 2 heterocycles. The molecule has 5 heteroatoms. The van der Waals surface area contributed by atoms with Crippen LogP contribution < -0.4 is 10.6 Å². The molecule has 1 aromatic carbocycles. The Morgan fingerprint density at radius 3 is 2.88 bits per heavy atom. The number of carbonyl (C=O) groups is 1. The van der Waals surface area contributed by atoms with Crippen LogP contribution in [0.2, 0.25) is 0 Å². The molecule has 2 N–H and O–H groups in total. The average Bonchev–Trinajstić information content (AvgIpc) is 3.20. The molecular weight excluding hydrogens is 300 g/mol. The van der Waals surface area contributed by atoms with Gasteiger partial charge < -0.3 is 10.6 Å². The number of piperidine rings is 1. The highest BCUT2D eigenvalue weighted by Crippen LogP contribution is 2.28. The summed E-state index contributed by atoms with van der Waals surface area (Å²) in [6.07, 6.45) is 5.17. The van der Waals surface area contributed by atoms with Crippen molar-refractivity contribution in [2.45, 2.75) is 51.1 Å². The molecule has 1 aromatic heterocycles. The number of carbonyl (C=O) groups excluding carboxylic acids is 1. The van der Waals surface area contributed by atoms with Crippen molar-refractivity contribution in [3.05, 3.63) is 47.3 Å². The Morgan fingerprint density at radius 2 is 2.08 bits per heavy atom. The molecular formula is C19H24N4O. The number of nitrogens with zero attached hydrogens (tertiary/aromatic N) is 2. The highest BCUT2D eigenvalue weighted by molar-refractivity contribution is 5.94. The molecule has 1 aliphatic carbocycles. The van der Waals surface area contributed by atoms with Gasteiger partial charge in [-0.15, -0.1) is 0 Å². The average molecular weight is 324 g/mol. The normalized spacial score (nSPS) is 23.0. The molecule has 2 unspecified atom stereocenters. The molecule has 24 heavy (non-hydrogen) atoms. The van der Waals surface area contributed by atoms with E-state index in [9.17, 15) is 4.79 Å². The summed E-state index contributed by atoms with van der Waals surface area (Å²) in [5.41, 5.74) is 3.97. The third-order valence-electron chi connectivity index (χ3n) is 5.22. The maximum absolute atomic E-state index is 12.8. The van der Waals surface area contributed by atoms with Gasteiger partial charge >= 0.3 is 0 Å². The number of rotatable bonds is 3. The van der Waals surface area contributed by atoms with Gasteiger partial charge in [0, 0.05) is 23.3 Å². The molecule has 2 aliphatic rings. The number of hydrogen-bond acceptors (Lipinski definition) is 3. The summed E-state index contributed by atoms with van der Waals surface area (Å²) in [6, 6.07) is 10.6. The van der Waals surface area contributed by atoms with Gasteiger partial charge in [0.1, 0.15) is 0 Å². The Hall–Kier alpha value is -2.14. The van der Waals surface area contributed by atoms with E-state index in [4.69, 9.17) is 0 Å². The molecule has 0 saturated carbocycles. The van der Waals surface area contributed by atoms with E-state index in [1.165, 1.54) is 5.69 Å². The lowest BCUT2D eigenvalue weighted by molar-refractivity contribution is 0.0913. The second kappa shape index (κ2) is 6.40. The van der Waals surface area contributed by atoms with E-state index < -0.39 is 0 Å². The minimum Gasteiger partial charge on any atom is -0.346 e. The zero-order valence-corrected chi connectivity index (χ0v) is 14.1. The largest absolute Gasteiger partial charge is 0.346 e. The van der Waals surface area contributed by atoms with Crippen molar-refractivity contribution in [2.75, 3.05) is 6.54 Å². The van der Waals surface area contributed by atoms with Crippen LogP contribution >= 0.6 is 0 Å². The maximum atomic E-state index is 12.8. The first kappa shape index (κ1) is 15.4. The molecule has 2 aromatic rings. The molecule has 0 radical (unpaired) electrons. The molecule has 5 nitrogen and oxygen atoms in total. The first-order valence-electron chi connectivity index (χ1n) is 8.94. The van der Waals surface area contributed by atoms with Crippen LogP contribution in [0.15, 0.2) is 30.3 Å². The van der Waals surface area contributed by atoms with Crippen molar-refractivity contribution in [3.8, 4) is 5.69 Å². The number of amides is 1. The first-order chi connectivity index (χ1) is 11.7. The van der Waals surface area contributed by atoms with Crippen molar-refractivity contribution in [3.63, 3.8) is 0 Å². The Balaban J connectivity index is 1.63. The number of aromatic nitrogens is 2. The maximum Gasteiger partial charge on any atom is 0.272 e. The lowest BCUT2D eigenvalue weighted by atomic mass is 9.99. The van der Waals surface area contributed by atoms with E-state index in [1.807, 2.05) is 35.0 Å². The van der Waals surface area contributed by atoms with Crippen molar-refractivity contribution in [2.24, 2.45) is 0 Å². The third kappa shape index (κ3) is 2.73. The first-order valence-corrected chi connectivity index (χ1v) is 8.94. The van der Waals surface area contributed by atoms with E-state index in [1.54, 1.807) is 0 Å². The Bertz CT molecular complexity index is 737. The summed E-state index contributed by atoms with van der Waals surface area (Å²) < 4.78 is 1.96. The van der Waals surface area contributed by atoms with Gasteiger partial charge in [-0.3, -0.25) is 4.79 Å². The molecule has 126 valence electrons. The van der Waals surface area contributed by atoms with Gasteiger partial charge in [0.2, 0.25) is 0 Å². The monoisotopic (exact) mass is 324 g/mol. The lowest BCUT2D eigenvalue weighted by Gasteiger charge is -2.30. The Kier molecular flexibility index (Phi) is 4.10. The van der Waals surface area contributed by atoms with E-state index in [-0.39, 0.29) is 11.9 Å². The van der Waals surface area contributed by atoms with Gasteiger partial charge in [0.05, 0.1) is 5.69 Å². The van der Waals surface area contributed by atoms with Crippen LogP contribution in [0.3, 0.4) is 0 Å². The van der Waals surface area contributed by atoms with Crippen LogP contribution in [0.5, 0.6) is 0 Å². The molecule has 0 spiro atoms. The summed E-state index contributed by atoms with van der Waals surface area (Å²) in [7, 11) is 0. The zero-order chi connectivity index (χ0) is 16.5. The highest BCUT2D eigenvalue weighted by atomic mass is 16.2. The highest BCUT2D eigenvalue weighted by Gasteiger charge is 2.29. The predicted octanol–water partition coefficient (Wildman–Crippen LogP) is 2.23. The van der Waals surface area contributed by atoms with E-state index in [0.717, 1.165) is 49.9 Å². The molecule has 1 aliphatic heterocycles. The van der Waals surface area contributed by atoms with Crippen LogP contribution in [0.4, 0.5) is 0 Å². The zero-order valence-electron chi connectivity index (χ0n) is 14.1. The number of nitrogens with one attached hydrogen (secondary N) is 2. The predicted molar refractivity (Wildman–Crippen MR) is 93.5 cm³/mol. The molecule has 0 bridgehead atoms. The minimum absolute atomic E-state index is 0.0246. The standard InChI is InChI=1S/C19H24N4O/c1-13-16(10-6-12-20-13)21-19(24)18-15-9-5-11-17(15)23(22-18)14-7-3-2-4-8-14/h2-4,7-8,13,16,20H,5-6,9-12H2,1H3,(H,21,24). The van der Waals surface area contributed by atoms with Crippen molar-refractivity contribution >= 4 is 5.91 Å². The molecule has 1 amide bonds. The van der Waals surface area contributed by atoms with Gasteiger partial charge in [-0.1, -0.05) is 18.2 Å². The number of hydrogen-bond donors (Lipinski definition) is 2. The lowest BCUT2D eigenvalue weighted by Crippen LogP contribution is -2.52. The van der Waals surface area contributed by atoms with Crippen molar-refractivity contribution in [1.29, 1.82) is 0 Å². The van der Waals surface area contributed by atoms with Crippen LogP contribution in [0, 0.1) is 0 Å². The quantitative estimate of drug-likeness (QED) is 0.910. The van der Waals surface area contributed by atoms with Gasteiger partial charge in [-0.25, -0.2) is 4.68 Å². The summed E-state index contributed by atoms with van der Waals surface area (Å²) in [5, 5.41) is 11.3. The smallest absolute Gasteiger partial charge is 0.272 e. The van der Waals surface area contributed by atoms with E-state index >= 15 is 0 Å². The van der Waals surface area contributed by atoms with Crippen LogP contribution in [0.1, 0.15) is 47.9 Å². The number of fused-ring (bicyclic) bond motifs is 1. The summed E-state index contributed by atoms with van der Waals surface area (Å²) >= 11 is 0. The van der Waals surface area contributed by atoms with Crippen LogP contribution in [0.25, 0.3) is 5.69 Å². The molecule has 4 rings (SSSR count).